The van der Waals surface area contributed by atoms with E-state index in [1.807, 2.05) is 78.5 Å². The van der Waals surface area contributed by atoms with Gasteiger partial charge in [0.1, 0.15) is 17.8 Å². The number of benzene rings is 2. The number of hydrogen-bond acceptors (Lipinski definition) is 6. The van der Waals surface area contributed by atoms with E-state index in [1.165, 1.54) is 22.2 Å². The predicted octanol–water partition coefficient (Wildman–Crippen LogP) is 2.95. The average molecular weight is 415 g/mol. The second-order valence-corrected chi connectivity index (χ2v) is 7.55. The predicted molar refractivity (Wildman–Crippen MR) is 116 cm³/mol. The number of thiazole rings is 1. The molecule has 5 aromatic rings. The van der Waals surface area contributed by atoms with E-state index in [0.717, 1.165) is 28.3 Å². The van der Waals surface area contributed by atoms with Crippen molar-refractivity contribution in [2.75, 3.05) is 6.61 Å². The van der Waals surface area contributed by atoms with Crippen LogP contribution in [0.1, 0.15) is 12.5 Å². The molecule has 30 heavy (non-hydrogen) atoms. The van der Waals surface area contributed by atoms with Gasteiger partial charge in [0.05, 0.1) is 16.8 Å². The maximum atomic E-state index is 12.6. The number of ether oxygens (including phenoxy) is 1. The number of para-hydroxylation sites is 1. The number of fused-ring (bicyclic) bond motifs is 1. The van der Waals surface area contributed by atoms with E-state index in [2.05, 4.69) is 10.1 Å². The highest BCUT2D eigenvalue weighted by Crippen LogP contribution is 2.26. The molecule has 0 atom stereocenters. The number of hydrogen-bond donors (Lipinski definition) is 0. The minimum Gasteiger partial charge on any atom is -0.494 e. The van der Waals surface area contributed by atoms with Gasteiger partial charge in [-0.05, 0) is 49.4 Å². The Morgan fingerprint density at radius 1 is 1.10 bits per heavy atom. The molecule has 148 valence electrons. The van der Waals surface area contributed by atoms with Crippen LogP contribution in [-0.2, 0) is 0 Å². The molecular weight excluding hydrogens is 398 g/mol. The van der Waals surface area contributed by atoms with Gasteiger partial charge in [0.15, 0.2) is 0 Å². The standard InChI is InChI=1S/C22H17N5O2S/c1-2-29-18-10-8-15(9-11-18)20-16(13-26(25-20)17-6-4-3-5-7-17)12-19-21(28)27-22(30-19)23-14-24-27/h3-14H,2H2,1H3/b19-12-. The Labute approximate surface area is 175 Å². The number of aromatic nitrogens is 5. The van der Waals surface area contributed by atoms with E-state index in [4.69, 9.17) is 9.84 Å². The molecule has 0 N–H and O–H groups in total. The van der Waals surface area contributed by atoms with Gasteiger partial charge in [-0.3, -0.25) is 4.79 Å². The zero-order valence-electron chi connectivity index (χ0n) is 16.1. The Morgan fingerprint density at radius 2 is 1.90 bits per heavy atom. The van der Waals surface area contributed by atoms with Gasteiger partial charge in [-0.25, -0.2) is 9.67 Å². The summed E-state index contributed by atoms with van der Waals surface area (Å²) in [7, 11) is 0. The van der Waals surface area contributed by atoms with Crippen molar-refractivity contribution in [2.24, 2.45) is 0 Å². The molecule has 0 spiro atoms. The average Bonchev–Trinajstić information content (AvgIpc) is 3.47. The summed E-state index contributed by atoms with van der Waals surface area (Å²) in [6.07, 6.45) is 5.16. The fraction of sp³-hybridized carbons (Fsp3) is 0.0909. The first-order valence-electron chi connectivity index (χ1n) is 9.45. The third-order valence-corrected chi connectivity index (χ3v) is 5.58. The molecule has 8 heteroatoms. The molecule has 0 aliphatic rings. The molecule has 3 heterocycles. The van der Waals surface area contributed by atoms with E-state index < -0.39 is 0 Å². The lowest BCUT2D eigenvalue weighted by atomic mass is 10.1. The molecular formula is C22H17N5O2S. The molecule has 0 saturated heterocycles. The van der Waals surface area contributed by atoms with Crippen molar-refractivity contribution in [1.82, 2.24) is 24.4 Å². The lowest BCUT2D eigenvalue weighted by Gasteiger charge is -2.04. The molecule has 0 bridgehead atoms. The van der Waals surface area contributed by atoms with Crippen LogP contribution in [0.2, 0.25) is 0 Å². The van der Waals surface area contributed by atoms with Crippen molar-refractivity contribution in [3.05, 3.63) is 87.6 Å². The number of nitrogens with zero attached hydrogens (tertiary/aromatic N) is 5. The van der Waals surface area contributed by atoms with E-state index in [-0.39, 0.29) is 5.56 Å². The summed E-state index contributed by atoms with van der Waals surface area (Å²) in [6, 6.07) is 17.7. The Bertz CT molecular complexity index is 1420. The second kappa shape index (κ2) is 7.57. The first-order chi connectivity index (χ1) is 14.7. The minimum absolute atomic E-state index is 0.183. The third kappa shape index (κ3) is 3.27. The van der Waals surface area contributed by atoms with Crippen molar-refractivity contribution in [3.8, 4) is 22.7 Å². The van der Waals surface area contributed by atoms with Crippen LogP contribution in [0.15, 0.2) is 71.9 Å². The summed E-state index contributed by atoms with van der Waals surface area (Å²) in [5, 5.41) is 8.79. The van der Waals surface area contributed by atoms with Crippen molar-refractivity contribution < 1.29 is 4.74 Å². The van der Waals surface area contributed by atoms with E-state index in [1.54, 1.807) is 0 Å². The van der Waals surface area contributed by atoms with Gasteiger partial charge < -0.3 is 4.74 Å². The van der Waals surface area contributed by atoms with Crippen LogP contribution < -0.4 is 14.8 Å². The SMILES string of the molecule is CCOc1ccc(-c2nn(-c3ccccc3)cc2/C=c2\sc3ncnn3c2=O)cc1. The van der Waals surface area contributed by atoms with Gasteiger partial charge in [0.2, 0.25) is 4.96 Å². The highest BCUT2D eigenvalue weighted by Gasteiger charge is 2.13. The molecule has 3 aromatic heterocycles. The molecule has 0 aliphatic heterocycles. The molecule has 0 saturated carbocycles. The van der Waals surface area contributed by atoms with E-state index in [0.29, 0.717) is 16.1 Å². The summed E-state index contributed by atoms with van der Waals surface area (Å²) < 4.78 is 9.24. The van der Waals surface area contributed by atoms with Crippen molar-refractivity contribution >= 4 is 22.4 Å². The summed E-state index contributed by atoms with van der Waals surface area (Å²) in [6.45, 7) is 2.57. The van der Waals surface area contributed by atoms with Crippen LogP contribution >= 0.6 is 11.3 Å². The highest BCUT2D eigenvalue weighted by molar-refractivity contribution is 7.15. The van der Waals surface area contributed by atoms with Crippen LogP contribution in [0.3, 0.4) is 0 Å². The molecule has 5 rings (SSSR count). The lowest BCUT2D eigenvalue weighted by molar-refractivity contribution is 0.340. The Balaban J connectivity index is 1.67. The molecule has 0 unspecified atom stereocenters. The molecule has 2 aromatic carbocycles. The normalized spacial score (nSPS) is 12.0. The first-order valence-corrected chi connectivity index (χ1v) is 10.3. The largest absolute Gasteiger partial charge is 0.494 e. The van der Waals surface area contributed by atoms with E-state index >= 15 is 0 Å². The van der Waals surface area contributed by atoms with Gasteiger partial charge in [0, 0.05) is 17.3 Å². The smallest absolute Gasteiger partial charge is 0.291 e. The Hall–Kier alpha value is -3.78. The fourth-order valence-corrected chi connectivity index (χ4v) is 4.10. The van der Waals surface area contributed by atoms with Gasteiger partial charge >= 0.3 is 0 Å². The quantitative estimate of drug-likeness (QED) is 0.441. The van der Waals surface area contributed by atoms with Gasteiger partial charge in [-0.15, -0.1) is 0 Å². The Kier molecular flexibility index (Phi) is 4.61. The molecule has 0 radical (unpaired) electrons. The Morgan fingerprint density at radius 3 is 2.63 bits per heavy atom. The maximum absolute atomic E-state index is 12.6. The monoisotopic (exact) mass is 415 g/mol. The summed E-state index contributed by atoms with van der Waals surface area (Å²) in [4.78, 5) is 17.3. The highest BCUT2D eigenvalue weighted by atomic mass is 32.1. The summed E-state index contributed by atoms with van der Waals surface area (Å²) >= 11 is 1.31. The van der Waals surface area contributed by atoms with Crippen molar-refractivity contribution in [2.45, 2.75) is 6.92 Å². The molecule has 7 nitrogen and oxygen atoms in total. The van der Waals surface area contributed by atoms with Crippen molar-refractivity contribution in [3.63, 3.8) is 0 Å². The van der Waals surface area contributed by atoms with E-state index in [9.17, 15) is 4.79 Å². The van der Waals surface area contributed by atoms with Crippen LogP contribution in [0.25, 0.3) is 28.0 Å². The summed E-state index contributed by atoms with van der Waals surface area (Å²) in [5.41, 5.74) is 3.31. The molecule has 0 aliphatic carbocycles. The maximum Gasteiger partial charge on any atom is 0.291 e. The summed E-state index contributed by atoms with van der Waals surface area (Å²) in [5.74, 6) is 0.807. The zero-order valence-corrected chi connectivity index (χ0v) is 16.9. The van der Waals surface area contributed by atoms with Crippen molar-refractivity contribution in [1.29, 1.82) is 0 Å². The minimum atomic E-state index is -0.183. The van der Waals surface area contributed by atoms with Gasteiger partial charge in [-0.2, -0.15) is 14.7 Å². The van der Waals surface area contributed by atoms with Gasteiger partial charge in [-0.1, -0.05) is 29.5 Å². The van der Waals surface area contributed by atoms with Crippen LogP contribution in [0.4, 0.5) is 0 Å². The van der Waals surface area contributed by atoms with Crippen LogP contribution in [0.5, 0.6) is 5.75 Å². The fourth-order valence-electron chi connectivity index (χ4n) is 3.22. The van der Waals surface area contributed by atoms with Gasteiger partial charge in [0.25, 0.3) is 5.56 Å². The topological polar surface area (TPSA) is 74.3 Å². The first kappa shape index (κ1) is 18.3. The van der Waals surface area contributed by atoms with Crippen LogP contribution in [-0.4, -0.2) is 31.0 Å². The molecule has 0 fully saturated rings. The third-order valence-electron chi connectivity index (χ3n) is 4.61. The lowest BCUT2D eigenvalue weighted by Crippen LogP contribution is -2.23. The molecule has 0 amide bonds. The second-order valence-electron chi connectivity index (χ2n) is 6.54. The number of rotatable bonds is 5. The van der Waals surface area contributed by atoms with Crippen LogP contribution in [0, 0.1) is 0 Å². The zero-order chi connectivity index (χ0) is 20.5.